The number of anilines is 1. The summed E-state index contributed by atoms with van der Waals surface area (Å²) in [6, 6.07) is 15.6. The number of hydrogen-bond donors (Lipinski definition) is 1. The first-order chi connectivity index (χ1) is 15.3. The number of benzene rings is 3. The number of nitrogens with zero attached hydrogens (tertiary/aromatic N) is 1. The number of sulfonamides is 1. The van der Waals surface area contributed by atoms with E-state index in [1.165, 1.54) is 31.2 Å². The van der Waals surface area contributed by atoms with Crippen LogP contribution in [0.25, 0.3) is 21.7 Å². The van der Waals surface area contributed by atoms with Crippen molar-refractivity contribution < 1.29 is 17.9 Å². The minimum Gasteiger partial charge on any atom is -0.465 e. The smallest absolute Gasteiger partial charge is 0.338 e. The second kappa shape index (κ2) is 7.38. The van der Waals surface area contributed by atoms with Crippen LogP contribution in [0.1, 0.15) is 40.4 Å². The van der Waals surface area contributed by atoms with Gasteiger partial charge in [-0.25, -0.2) is 13.2 Å². The minimum absolute atomic E-state index is 0.203. The van der Waals surface area contributed by atoms with Crippen LogP contribution in [0.4, 0.5) is 5.69 Å². The van der Waals surface area contributed by atoms with Gasteiger partial charge in [-0.1, -0.05) is 30.3 Å². The van der Waals surface area contributed by atoms with Gasteiger partial charge in [0.05, 0.1) is 23.3 Å². The summed E-state index contributed by atoms with van der Waals surface area (Å²) < 4.78 is 36.3. The van der Waals surface area contributed by atoms with Gasteiger partial charge in [0.25, 0.3) is 10.0 Å². The van der Waals surface area contributed by atoms with Gasteiger partial charge in [-0.2, -0.15) is 0 Å². The largest absolute Gasteiger partial charge is 0.465 e. The average molecular weight is 449 g/mol. The molecule has 1 aliphatic carbocycles. The summed E-state index contributed by atoms with van der Waals surface area (Å²) in [5.41, 5.74) is 4.24. The first kappa shape index (κ1) is 20.6. The van der Waals surface area contributed by atoms with Crippen LogP contribution >= 0.6 is 0 Å². The molecule has 1 fully saturated rings. The van der Waals surface area contributed by atoms with Crippen molar-refractivity contribution in [3.05, 3.63) is 71.4 Å². The van der Waals surface area contributed by atoms with Gasteiger partial charge in [0.2, 0.25) is 0 Å². The Morgan fingerprint density at radius 2 is 1.75 bits per heavy atom. The molecule has 1 saturated carbocycles. The van der Waals surface area contributed by atoms with E-state index in [-0.39, 0.29) is 4.90 Å². The van der Waals surface area contributed by atoms with Crippen LogP contribution in [0.5, 0.6) is 0 Å². The van der Waals surface area contributed by atoms with Crippen molar-refractivity contribution in [1.82, 2.24) is 4.57 Å². The number of aryl methyl sites for hydroxylation is 2. The Balaban J connectivity index is 1.58. The van der Waals surface area contributed by atoms with Gasteiger partial charge in [0, 0.05) is 29.0 Å². The number of carbonyl (C=O) groups is 1. The maximum atomic E-state index is 13.3. The summed E-state index contributed by atoms with van der Waals surface area (Å²) in [6.07, 6.45) is 2.37. The van der Waals surface area contributed by atoms with Crippen LogP contribution in [0.3, 0.4) is 0 Å². The fourth-order valence-corrected chi connectivity index (χ4v) is 5.71. The molecule has 4 aromatic rings. The van der Waals surface area contributed by atoms with Gasteiger partial charge in [0.1, 0.15) is 0 Å². The maximum Gasteiger partial charge on any atom is 0.338 e. The Bertz CT molecular complexity index is 1500. The van der Waals surface area contributed by atoms with Crippen LogP contribution < -0.4 is 4.72 Å². The van der Waals surface area contributed by atoms with Crippen LogP contribution in [0.2, 0.25) is 0 Å². The lowest BCUT2D eigenvalue weighted by atomic mass is 10.0. The number of fused-ring (bicyclic) bond motifs is 2. The van der Waals surface area contributed by atoms with Crippen LogP contribution in [0.15, 0.2) is 59.5 Å². The molecule has 1 N–H and O–H groups in total. The summed E-state index contributed by atoms with van der Waals surface area (Å²) >= 11 is 0. The molecule has 0 radical (unpaired) electrons. The van der Waals surface area contributed by atoms with E-state index < -0.39 is 16.0 Å². The number of esters is 1. The van der Waals surface area contributed by atoms with Crippen LogP contribution in [0, 0.1) is 6.92 Å². The molecule has 1 aliphatic rings. The monoisotopic (exact) mass is 448 g/mol. The number of nitrogens with one attached hydrogen (secondary N) is 1. The zero-order chi connectivity index (χ0) is 22.6. The van der Waals surface area contributed by atoms with Crippen molar-refractivity contribution in [3.63, 3.8) is 0 Å². The lowest BCUT2D eigenvalue weighted by molar-refractivity contribution is 0.0603. The second-order valence-electron chi connectivity index (χ2n) is 8.33. The van der Waals surface area contributed by atoms with Gasteiger partial charge in [-0.3, -0.25) is 4.72 Å². The molecule has 6 nitrogen and oxygen atoms in total. The summed E-state index contributed by atoms with van der Waals surface area (Å²) in [6.45, 7) is 2.11. The molecule has 0 saturated heterocycles. The highest BCUT2D eigenvalue weighted by Gasteiger charge is 2.30. The standard InChI is InChI=1S/C25H24N2O4S/c1-15-18-11-10-17(14-23(18)27(2)24(15)16-8-9-16)32(29,30)26-22-13-12-21(25(28)31-3)19-6-4-5-7-20(19)22/h4-7,10-14,16,26H,8-9H2,1-3H3. The number of ether oxygens (including phenoxy) is 1. The quantitative estimate of drug-likeness (QED) is 0.431. The van der Waals surface area contributed by atoms with Crippen molar-refractivity contribution >= 4 is 43.4 Å². The van der Waals surface area contributed by atoms with E-state index in [2.05, 4.69) is 16.2 Å². The number of aromatic nitrogens is 1. The Labute approximate surface area is 186 Å². The molecule has 3 aromatic carbocycles. The van der Waals surface area contributed by atoms with Crippen molar-refractivity contribution in [2.24, 2.45) is 7.05 Å². The molecule has 5 rings (SSSR count). The van der Waals surface area contributed by atoms with Gasteiger partial charge in [0.15, 0.2) is 0 Å². The van der Waals surface area contributed by atoms with Crippen LogP contribution in [-0.2, 0) is 21.8 Å². The molecule has 0 unspecified atom stereocenters. The van der Waals surface area contributed by atoms with Gasteiger partial charge in [-0.15, -0.1) is 0 Å². The molecule has 0 aliphatic heterocycles. The number of methoxy groups -OCH3 is 1. The van der Waals surface area contributed by atoms with Crippen molar-refractivity contribution in [3.8, 4) is 0 Å². The van der Waals surface area contributed by atoms with Crippen molar-refractivity contribution in [1.29, 1.82) is 0 Å². The predicted molar refractivity (Wildman–Crippen MR) is 126 cm³/mol. The molecule has 1 heterocycles. The second-order valence-corrected chi connectivity index (χ2v) is 10.0. The normalized spacial score (nSPS) is 14.1. The third-order valence-electron chi connectivity index (χ3n) is 6.33. The third-order valence-corrected chi connectivity index (χ3v) is 7.69. The molecule has 164 valence electrons. The van der Waals surface area contributed by atoms with Crippen molar-refractivity contribution in [2.45, 2.75) is 30.6 Å². The number of carbonyl (C=O) groups excluding carboxylic acids is 1. The van der Waals surface area contributed by atoms with E-state index in [0.29, 0.717) is 27.9 Å². The topological polar surface area (TPSA) is 77.4 Å². The Morgan fingerprint density at radius 3 is 2.44 bits per heavy atom. The molecule has 7 heteroatoms. The van der Waals surface area contributed by atoms with E-state index >= 15 is 0 Å². The highest BCUT2D eigenvalue weighted by atomic mass is 32.2. The Morgan fingerprint density at radius 1 is 1.03 bits per heavy atom. The highest BCUT2D eigenvalue weighted by molar-refractivity contribution is 7.92. The number of rotatable bonds is 5. The molecule has 0 spiro atoms. The third kappa shape index (κ3) is 3.24. The summed E-state index contributed by atoms with van der Waals surface area (Å²) in [4.78, 5) is 12.3. The Kier molecular flexibility index (Phi) is 4.74. The van der Waals surface area contributed by atoms with E-state index in [1.54, 1.807) is 48.5 Å². The summed E-state index contributed by atoms with van der Waals surface area (Å²) in [7, 11) is -0.510. The van der Waals surface area contributed by atoms with E-state index in [9.17, 15) is 13.2 Å². The van der Waals surface area contributed by atoms with Gasteiger partial charge in [-0.05, 0) is 60.9 Å². The lowest BCUT2D eigenvalue weighted by Crippen LogP contribution is -2.14. The summed E-state index contributed by atoms with van der Waals surface area (Å²) in [5.74, 6) is 0.108. The van der Waals surface area contributed by atoms with Crippen LogP contribution in [-0.4, -0.2) is 26.1 Å². The summed E-state index contributed by atoms with van der Waals surface area (Å²) in [5, 5.41) is 2.34. The average Bonchev–Trinajstić information content (AvgIpc) is 3.59. The molecular formula is C25H24N2O4S. The SMILES string of the molecule is COC(=O)c1ccc(NS(=O)(=O)c2ccc3c(C)c(C4CC4)n(C)c3c2)c2ccccc12. The first-order valence-corrected chi connectivity index (χ1v) is 12.0. The Hall–Kier alpha value is -3.32. The lowest BCUT2D eigenvalue weighted by Gasteiger charge is -2.13. The highest BCUT2D eigenvalue weighted by Crippen LogP contribution is 2.44. The van der Waals surface area contributed by atoms with Gasteiger partial charge < -0.3 is 9.30 Å². The molecular weight excluding hydrogens is 424 g/mol. The fourth-order valence-electron chi connectivity index (χ4n) is 4.61. The van der Waals surface area contributed by atoms with Crippen molar-refractivity contribution in [2.75, 3.05) is 11.8 Å². The van der Waals surface area contributed by atoms with E-state index in [4.69, 9.17) is 4.74 Å². The molecule has 1 aromatic heterocycles. The van der Waals surface area contributed by atoms with Gasteiger partial charge >= 0.3 is 5.97 Å². The minimum atomic E-state index is -3.84. The van der Waals surface area contributed by atoms with E-state index in [0.717, 1.165) is 10.9 Å². The molecule has 0 amide bonds. The maximum absolute atomic E-state index is 13.3. The molecule has 0 atom stereocenters. The molecule has 32 heavy (non-hydrogen) atoms. The first-order valence-electron chi connectivity index (χ1n) is 10.5. The van der Waals surface area contributed by atoms with E-state index in [1.807, 2.05) is 13.1 Å². The fraction of sp³-hybridized carbons (Fsp3) is 0.240. The zero-order valence-corrected chi connectivity index (χ0v) is 19.0. The number of hydrogen-bond acceptors (Lipinski definition) is 4. The predicted octanol–water partition coefficient (Wildman–Crippen LogP) is 5.10. The zero-order valence-electron chi connectivity index (χ0n) is 18.2. The molecule has 0 bridgehead atoms.